The molecule has 0 spiro atoms. The summed E-state index contributed by atoms with van der Waals surface area (Å²) >= 11 is 0. The maximum Gasteiger partial charge on any atom is 0.257 e. The standard InChI is InChI=1S/C19H29N3O4/c1-3-21-19(24)12-26-16-8-7-13(9-17(16)25-2)11-22-18(23)10-14-5-4-6-15(14)20/h7-9,14-15H,3-6,10-12,20H2,1-2H3,(H,21,24)(H,22,23)/t14-,15+/m0/s1. The molecule has 144 valence electrons. The molecule has 0 heterocycles. The van der Waals surface area contributed by atoms with Crippen molar-refractivity contribution < 1.29 is 19.1 Å². The number of ether oxygens (including phenoxy) is 2. The van der Waals surface area contributed by atoms with Gasteiger partial charge in [0.1, 0.15) is 0 Å². The van der Waals surface area contributed by atoms with Crippen molar-refractivity contribution in [2.45, 2.75) is 45.2 Å². The van der Waals surface area contributed by atoms with Crippen LogP contribution >= 0.6 is 0 Å². The number of carbonyl (C=O) groups excluding carboxylic acids is 2. The van der Waals surface area contributed by atoms with Gasteiger partial charge >= 0.3 is 0 Å². The molecule has 1 aromatic carbocycles. The molecule has 0 aliphatic heterocycles. The number of hydrogen-bond donors (Lipinski definition) is 3. The topological polar surface area (TPSA) is 103 Å². The molecule has 0 bridgehead atoms. The molecule has 1 aliphatic rings. The first-order chi connectivity index (χ1) is 12.5. The molecule has 2 amide bonds. The quantitative estimate of drug-likeness (QED) is 0.614. The monoisotopic (exact) mass is 363 g/mol. The van der Waals surface area contributed by atoms with Gasteiger partial charge in [-0.05, 0) is 43.4 Å². The normalized spacial score (nSPS) is 19.0. The summed E-state index contributed by atoms with van der Waals surface area (Å²) in [6.45, 7) is 2.75. The summed E-state index contributed by atoms with van der Waals surface area (Å²) in [7, 11) is 1.54. The molecule has 0 radical (unpaired) electrons. The maximum atomic E-state index is 12.1. The Balaban J connectivity index is 1.85. The lowest BCUT2D eigenvalue weighted by atomic mass is 10.00. The summed E-state index contributed by atoms with van der Waals surface area (Å²) in [5, 5.41) is 5.60. The first-order valence-corrected chi connectivity index (χ1v) is 9.12. The van der Waals surface area contributed by atoms with Crippen molar-refractivity contribution in [3.63, 3.8) is 0 Å². The fraction of sp³-hybridized carbons (Fsp3) is 0.579. The lowest BCUT2D eigenvalue weighted by Gasteiger charge is -2.15. The van der Waals surface area contributed by atoms with E-state index in [1.807, 2.05) is 13.0 Å². The number of amides is 2. The van der Waals surface area contributed by atoms with E-state index in [0.717, 1.165) is 24.8 Å². The second kappa shape index (κ2) is 10.0. The summed E-state index contributed by atoms with van der Waals surface area (Å²) in [5.74, 6) is 1.14. The Morgan fingerprint density at radius 3 is 2.65 bits per heavy atom. The second-order valence-corrected chi connectivity index (χ2v) is 6.56. The Hall–Kier alpha value is -2.28. The second-order valence-electron chi connectivity index (χ2n) is 6.56. The molecular weight excluding hydrogens is 334 g/mol. The zero-order valence-corrected chi connectivity index (χ0v) is 15.5. The van der Waals surface area contributed by atoms with E-state index >= 15 is 0 Å². The van der Waals surface area contributed by atoms with Gasteiger partial charge in [-0.1, -0.05) is 12.5 Å². The van der Waals surface area contributed by atoms with E-state index in [1.54, 1.807) is 12.1 Å². The van der Waals surface area contributed by atoms with Crippen molar-refractivity contribution in [2.24, 2.45) is 11.7 Å². The highest BCUT2D eigenvalue weighted by molar-refractivity contribution is 5.77. The minimum atomic E-state index is -0.184. The first kappa shape index (κ1) is 20.0. The van der Waals surface area contributed by atoms with Gasteiger partial charge in [0, 0.05) is 25.6 Å². The number of benzene rings is 1. The van der Waals surface area contributed by atoms with Crippen LogP contribution in [0.15, 0.2) is 18.2 Å². The molecule has 26 heavy (non-hydrogen) atoms. The Labute approximate surface area is 154 Å². The number of rotatable bonds is 9. The molecule has 1 fully saturated rings. The van der Waals surface area contributed by atoms with Gasteiger partial charge in [0.15, 0.2) is 18.1 Å². The van der Waals surface area contributed by atoms with E-state index in [9.17, 15) is 9.59 Å². The number of nitrogens with one attached hydrogen (secondary N) is 2. The van der Waals surface area contributed by atoms with Crippen LogP contribution in [0.4, 0.5) is 0 Å². The van der Waals surface area contributed by atoms with E-state index in [1.165, 1.54) is 7.11 Å². The van der Waals surface area contributed by atoms with Gasteiger partial charge in [-0.2, -0.15) is 0 Å². The van der Waals surface area contributed by atoms with Crippen LogP contribution in [0, 0.1) is 5.92 Å². The Kier molecular flexibility index (Phi) is 7.72. The van der Waals surface area contributed by atoms with Crippen molar-refractivity contribution in [1.29, 1.82) is 0 Å². The number of carbonyl (C=O) groups is 2. The number of hydrogen-bond acceptors (Lipinski definition) is 5. The van der Waals surface area contributed by atoms with Crippen molar-refractivity contribution >= 4 is 11.8 Å². The average molecular weight is 363 g/mol. The van der Waals surface area contributed by atoms with Crippen LogP contribution in [0.3, 0.4) is 0 Å². The highest BCUT2D eigenvalue weighted by Gasteiger charge is 2.25. The molecule has 1 saturated carbocycles. The highest BCUT2D eigenvalue weighted by atomic mass is 16.5. The lowest BCUT2D eigenvalue weighted by molar-refractivity contribution is -0.123. The third-order valence-corrected chi connectivity index (χ3v) is 4.62. The predicted octanol–water partition coefficient (Wildman–Crippen LogP) is 1.34. The van der Waals surface area contributed by atoms with Crippen molar-refractivity contribution in [1.82, 2.24) is 10.6 Å². The van der Waals surface area contributed by atoms with Gasteiger partial charge in [-0.3, -0.25) is 9.59 Å². The predicted molar refractivity (Wildman–Crippen MR) is 99.0 cm³/mol. The van der Waals surface area contributed by atoms with Gasteiger partial charge in [-0.25, -0.2) is 0 Å². The van der Waals surface area contributed by atoms with Gasteiger partial charge in [0.05, 0.1) is 7.11 Å². The summed E-state index contributed by atoms with van der Waals surface area (Å²) in [6.07, 6.45) is 3.62. The van der Waals surface area contributed by atoms with Crippen molar-refractivity contribution in [3.8, 4) is 11.5 Å². The minimum absolute atomic E-state index is 0.0166. The zero-order chi connectivity index (χ0) is 18.9. The Morgan fingerprint density at radius 2 is 2.00 bits per heavy atom. The average Bonchev–Trinajstić information content (AvgIpc) is 3.03. The number of nitrogens with two attached hydrogens (primary N) is 1. The fourth-order valence-electron chi connectivity index (χ4n) is 3.16. The lowest BCUT2D eigenvalue weighted by Crippen LogP contribution is -2.31. The Bertz CT molecular complexity index is 621. The zero-order valence-electron chi connectivity index (χ0n) is 15.5. The largest absolute Gasteiger partial charge is 0.493 e. The molecule has 2 rings (SSSR count). The van der Waals surface area contributed by atoms with E-state index in [-0.39, 0.29) is 30.4 Å². The van der Waals surface area contributed by atoms with Crippen LogP contribution in [0.2, 0.25) is 0 Å². The first-order valence-electron chi connectivity index (χ1n) is 9.12. The maximum absolute atomic E-state index is 12.1. The smallest absolute Gasteiger partial charge is 0.257 e. The van der Waals surface area contributed by atoms with Crippen molar-refractivity contribution in [2.75, 3.05) is 20.3 Å². The SMILES string of the molecule is CCNC(=O)COc1ccc(CNC(=O)C[C@@H]2CCC[C@H]2N)cc1OC. The third-order valence-electron chi connectivity index (χ3n) is 4.62. The highest BCUT2D eigenvalue weighted by Crippen LogP contribution is 2.28. The van der Waals surface area contributed by atoms with Gasteiger partial charge in [0.2, 0.25) is 5.91 Å². The van der Waals surface area contributed by atoms with Gasteiger partial charge in [-0.15, -0.1) is 0 Å². The van der Waals surface area contributed by atoms with Crippen LogP contribution in [-0.4, -0.2) is 38.1 Å². The van der Waals surface area contributed by atoms with Crippen LogP contribution in [0.1, 0.15) is 38.2 Å². The molecule has 2 atom stereocenters. The van der Waals surface area contributed by atoms with Crippen LogP contribution < -0.4 is 25.8 Å². The number of methoxy groups -OCH3 is 1. The summed E-state index contributed by atoms with van der Waals surface area (Å²) < 4.78 is 10.8. The summed E-state index contributed by atoms with van der Waals surface area (Å²) in [4.78, 5) is 23.6. The van der Waals surface area contributed by atoms with E-state index in [0.29, 0.717) is 31.0 Å². The van der Waals surface area contributed by atoms with E-state index < -0.39 is 0 Å². The van der Waals surface area contributed by atoms with Crippen LogP contribution in [0.25, 0.3) is 0 Å². The Morgan fingerprint density at radius 1 is 1.19 bits per heavy atom. The van der Waals surface area contributed by atoms with Gasteiger partial charge < -0.3 is 25.8 Å². The van der Waals surface area contributed by atoms with Crippen LogP contribution in [0.5, 0.6) is 11.5 Å². The van der Waals surface area contributed by atoms with E-state index in [2.05, 4.69) is 10.6 Å². The molecule has 7 heteroatoms. The van der Waals surface area contributed by atoms with E-state index in [4.69, 9.17) is 15.2 Å². The fourth-order valence-corrected chi connectivity index (χ4v) is 3.16. The molecule has 0 saturated heterocycles. The summed E-state index contributed by atoms with van der Waals surface area (Å²) in [5.41, 5.74) is 6.92. The molecule has 4 N–H and O–H groups in total. The molecule has 0 aromatic heterocycles. The molecule has 7 nitrogen and oxygen atoms in total. The molecule has 1 aliphatic carbocycles. The third kappa shape index (κ3) is 5.91. The van der Waals surface area contributed by atoms with Crippen LogP contribution in [-0.2, 0) is 16.1 Å². The van der Waals surface area contributed by atoms with Crippen molar-refractivity contribution in [3.05, 3.63) is 23.8 Å². The molecular formula is C19H29N3O4. The number of likely N-dealkylation sites (N-methyl/N-ethyl adjacent to an activating group) is 1. The molecule has 0 unspecified atom stereocenters. The molecule has 1 aromatic rings. The summed E-state index contributed by atoms with van der Waals surface area (Å²) in [6, 6.07) is 5.53. The minimum Gasteiger partial charge on any atom is -0.493 e. The van der Waals surface area contributed by atoms with Gasteiger partial charge in [0.25, 0.3) is 5.91 Å².